The molecule has 1 saturated heterocycles. The molecule has 1 N–H and O–H groups in total. The van der Waals surface area contributed by atoms with Crippen LogP contribution in [-0.4, -0.2) is 45.4 Å². The molecule has 1 aromatic heterocycles. The highest BCUT2D eigenvalue weighted by Crippen LogP contribution is 2.30. The Labute approximate surface area is 147 Å². The predicted octanol–water partition coefficient (Wildman–Crippen LogP) is 1.84. The molecule has 2 aliphatic heterocycles. The van der Waals surface area contributed by atoms with Crippen LogP contribution in [0.3, 0.4) is 0 Å². The van der Waals surface area contributed by atoms with Crippen molar-refractivity contribution in [2.45, 2.75) is 31.7 Å². The van der Waals surface area contributed by atoms with E-state index < -0.39 is 0 Å². The van der Waals surface area contributed by atoms with E-state index in [-0.39, 0.29) is 12.1 Å². The van der Waals surface area contributed by atoms with Gasteiger partial charge in [-0.2, -0.15) is 0 Å². The van der Waals surface area contributed by atoms with E-state index in [2.05, 4.69) is 27.6 Å². The van der Waals surface area contributed by atoms with Crippen molar-refractivity contribution in [3.63, 3.8) is 0 Å². The Morgan fingerprint density at radius 2 is 2.36 bits per heavy atom. The van der Waals surface area contributed by atoms with Crippen LogP contribution in [0.5, 0.6) is 5.75 Å². The van der Waals surface area contributed by atoms with Crippen LogP contribution in [0.2, 0.25) is 0 Å². The normalized spacial score (nSPS) is 18.9. The van der Waals surface area contributed by atoms with Gasteiger partial charge < -0.3 is 19.5 Å². The quantitative estimate of drug-likeness (QED) is 0.921. The fourth-order valence-corrected chi connectivity index (χ4v) is 3.68. The van der Waals surface area contributed by atoms with E-state index in [1.165, 1.54) is 11.1 Å². The number of aryl methyl sites for hydroxylation is 1. The highest BCUT2D eigenvalue weighted by Gasteiger charge is 2.32. The summed E-state index contributed by atoms with van der Waals surface area (Å²) in [5.41, 5.74) is 2.50. The summed E-state index contributed by atoms with van der Waals surface area (Å²) in [5, 5.41) is 11.2. The summed E-state index contributed by atoms with van der Waals surface area (Å²) in [6.07, 6.45) is 5.41. The number of urea groups is 1. The van der Waals surface area contributed by atoms with Gasteiger partial charge in [-0.1, -0.05) is 12.1 Å². The van der Waals surface area contributed by atoms with Gasteiger partial charge in [-0.05, 0) is 36.5 Å². The number of amides is 2. The Hall–Kier alpha value is -2.57. The minimum absolute atomic E-state index is 0.0182. The largest absolute Gasteiger partial charge is 0.493 e. The molecule has 1 atom stereocenters. The van der Waals surface area contributed by atoms with Gasteiger partial charge in [0.1, 0.15) is 12.1 Å². The molecule has 132 valence electrons. The number of nitrogens with one attached hydrogen (secondary N) is 1. The first-order valence-corrected chi connectivity index (χ1v) is 8.85. The number of benzene rings is 1. The fourth-order valence-electron chi connectivity index (χ4n) is 3.68. The van der Waals surface area contributed by atoms with Gasteiger partial charge in [-0.15, -0.1) is 10.2 Å². The molecule has 0 aliphatic carbocycles. The van der Waals surface area contributed by atoms with Crippen molar-refractivity contribution in [2.75, 3.05) is 19.7 Å². The summed E-state index contributed by atoms with van der Waals surface area (Å²) < 4.78 is 7.42. The topological polar surface area (TPSA) is 72.3 Å². The standard InChI is InChI=1S/C18H23N5O2/c1-22-12-20-21-17(22)15-3-2-9-23(15)18(24)19-8-6-13-4-5-16-14(11-13)7-10-25-16/h4-5,11-12,15H,2-3,6-10H2,1H3,(H,19,24). The molecule has 0 spiro atoms. The average molecular weight is 341 g/mol. The molecule has 7 nitrogen and oxygen atoms in total. The van der Waals surface area contributed by atoms with Crippen LogP contribution < -0.4 is 10.1 Å². The van der Waals surface area contributed by atoms with Gasteiger partial charge in [0, 0.05) is 26.6 Å². The second-order valence-electron chi connectivity index (χ2n) is 6.67. The Morgan fingerprint density at radius 3 is 3.20 bits per heavy atom. The highest BCUT2D eigenvalue weighted by molar-refractivity contribution is 5.75. The number of aromatic nitrogens is 3. The monoisotopic (exact) mass is 341 g/mol. The first-order valence-electron chi connectivity index (χ1n) is 8.85. The Morgan fingerprint density at radius 1 is 1.44 bits per heavy atom. The van der Waals surface area contributed by atoms with Crippen LogP contribution in [0.4, 0.5) is 4.79 Å². The van der Waals surface area contributed by atoms with Crippen molar-refractivity contribution >= 4 is 6.03 Å². The second kappa shape index (κ2) is 6.74. The lowest BCUT2D eigenvalue weighted by molar-refractivity contribution is 0.190. The number of rotatable bonds is 4. The lowest BCUT2D eigenvalue weighted by Crippen LogP contribution is -2.40. The zero-order chi connectivity index (χ0) is 17.2. The smallest absolute Gasteiger partial charge is 0.318 e. The maximum Gasteiger partial charge on any atom is 0.318 e. The Bertz CT molecular complexity index is 773. The summed E-state index contributed by atoms with van der Waals surface area (Å²) in [4.78, 5) is 14.5. The Kier molecular flexibility index (Phi) is 4.29. The van der Waals surface area contributed by atoms with Crippen LogP contribution >= 0.6 is 0 Å². The van der Waals surface area contributed by atoms with Crippen molar-refractivity contribution in [3.05, 3.63) is 41.5 Å². The Balaban J connectivity index is 1.33. The minimum atomic E-state index is -0.0185. The van der Waals surface area contributed by atoms with Crippen molar-refractivity contribution < 1.29 is 9.53 Å². The molecule has 0 saturated carbocycles. The summed E-state index contributed by atoms with van der Waals surface area (Å²) in [6, 6.07) is 6.30. The maximum atomic E-state index is 12.6. The number of nitrogens with zero attached hydrogens (tertiary/aromatic N) is 4. The molecule has 7 heteroatoms. The molecule has 1 fully saturated rings. The molecule has 4 rings (SSSR count). The molecule has 0 radical (unpaired) electrons. The molecular formula is C18H23N5O2. The minimum Gasteiger partial charge on any atom is -0.493 e. The molecule has 2 aliphatic rings. The number of hydrogen-bond donors (Lipinski definition) is 1. The molecule has 0 bridgehead atoms. The van der Waals surface area contributed by atoms with E-state index >= 15 is 0 Å². The van der Waals surface area contributed by atoms with Crippen molar-refractivity contribution in [1.29, 1.82) is 0 Å². The number of carbonyl (C=O) groups is 1. The number of hydrogen-bond acceptors (Lipinski definition) is 4. The molecule has 1 unspecified atom stereocenters. The van der Waals surface area contributed by atoms with E-state index in [1.54, 1.807) is 6.33 Å². The van der Waals surface area contributed by atoms with Gasteiger partial charge in [-0.3, -0.25) is 0 Å². The first-order chi connectivity index (χ1) is 12.2. The van der Waals surface area contributed by atoms with Gasteiger partial charge in [0.05, 0.1) is 12.6 Å². The van der Waals surface area contributed by atoms with E-state index in [9.17, 15) is 4.79 Å². The number of carbonyl (C=O) groups excluding carboxylic acids is 1. The van der Waals surface area contributed by atoms with Crippen LogP contribution in [0.1, 0.15) is 35.8 Å². The van der Waals surface area contributed by atoms with E-state index in [0.717, 1.165) is 50.4 Å². The lowest BCUT2D eigenvalue weighted by Gasteiger charge is -2.24. The van der Waals surface area contributed by atoms with Gasteiger partial charge in [0.15, 0.2) is 5.82 Å². The van der Waals surface area contributed by atoms with E-state index in [1.807, 2.05) is 22.6 Å². The summed E-state index contributed by atoms with van der Waals surface area (Å²) in [5.74, 6) is 1.85. The third-order valence-corrected chi connectivity index (χ3v) is 5.00. The molecule has 2 amide bonds. The summed E-state index contributed by atoms with van der Waals surface area (Å²) in [6.45, 7) is 2.16. The number of fused-ring (bicyclic) bond motifs is 1. The second-order valence-corrected chi connectivity index (χ2v) is 6.67. The summed E-state index contributed by atoms with van der Waals surface area (Å²) >= 11 is 0. The van der Waals surface area contributed by atoms with Gasteiger partial charge in [-0.25, -0.2) is 4.79 Å². The molecule has 25 heavy (non-hydrogen) atoms. The van der Waals surface area contributed by atoms with Crippen LogP contribution in [0, 0.1) is 0 Å². The third kappa shape index (κ3) is 3.18. The van der Waals surface area contributed by atoms with Crippen molar-refractivity contribution in [2.24, 2.45) is 7.05 Å². The number of likely N-dealkylation sites (tertiary alicyclic amines) is 1. The molecular weight excluding hydrogens is 318 g/mol. The maximum absolute atomic E-state index is 12.6. The van der Waals surface area contributed by atoms with Gasteiger partial charge in [0.25, 0.3) is 0 Å². The van der Waals surface area contributed by atoms with E-state index in [0.29, 0.717) is 6.54 Å². The molecule has 3 heterocycles. The van der Waals surface area contributed by atoms with Gasteiger partial charge >= 0.3 is 6.03 Å². The molecule has 1 aromatic carbocycles. The van der Waals surface area contributed by atoms with Crippen molar-refractivity contribution in [3.8, 4) is 5.75 Å². The average Bonchev–Trinajstić information content (AvgIpc) is 3.33. The van der Waals surface area contributed by atoms with Crippen LogP contribution in [-0.2, 0) is 19.9 Å². The van der Waals surface area contributed by atoms with E-state index in [4.69, 9.17) is 4.74 Å². The van der Waals surface area contributed by atoms with Gasteiger partial charge in [0.2, 0.25) is 0 Å². The van der Waals surface area contributed by atoms with Crippen LogP contribution in [0.15, 0.2) is 24.5 Å². The third-order valence-electron chi connectivity index (χ3n) is 5.00. The number of ether oxygens (including phenoxy) is 1. The highest BCUT2D eigenvalue weighted by atomic mass is 16.5. The lowest BCUT2D eigenvalue weighted by atomic mass is 10.1. The zero-order valence-electron chi connectivity index (χ0n) is 14.4. The van der Waals surface area contributed by atoms with Crippen molar-refractivity contribution in [1.82, 2.24) is 25.0 Å². The summed E-state index contributed by atoms with van der Waals surface area (Å²) in [7, 11) is 1.92. The predicted molar refractivity (Wildman–Crippen MR) is 92.4 cm³/mol. The SMILES string of the molecule is Cn1cnnc1C1CCCN1C(=O)NCCc1ccc2c(c1)CCO2. The van der Waals surface area contributed by atoms with Crippen LogP contribution in [0.25, 0.3) is 0 Å². The fraction of sp³-hybridized carbons (Fsp3) is 0.500. The molecule has 2 aromatic rings. The first kappa shape index (κ1) is 15.9. The zero-order valence-corrected chi connectivity index (χ0v) is 14.4.